The van der Waals surface area contributed by atoms with Crippen LogP contribution in [0.25, 0.3) is 0 Å². The number of rotatable bonds is 48. The summed E-state index contributed by atoms with van der Waals surface area (Å²) in [6.45, 7) is 5.54. The largest absolute Gasteiger partial charge is 0.479 e. The highest BCUT2D eigenvalue weighted by Gasteiger charge is 2.50. The molecule has 1 rings (SSSR count). The molecule has 3 N–H and O–H groups in total. The SMILES string of the molecule is CC/C=C\C/C=C\C/C=C\C/C=C\C/C=C\CCCCCC(=O)OCC(COC1OC(C(=O)O)C(O)C(O)C1OC(=O)CCCCCCCCC/C=C\C/C=C\C/C=C\CC)OC(=O)CC/C=C\C/C=C\C/C=C\C/C=C\CC. The van der Waals surface area contributed by atoms with E-state index in [1.807, 2.05) is 12.2 Å². The second-order valence-corrected chi connectivity index (χ2v) is 19.5. The molecule has 0 bridgehead atoms. The topological polar surface area (TPSA) is 175 Å². The molecule has 0 saturated carbocycles. The third-order valence-corrected chi connectivity index (χ3v) is 12.4. The van der Waals surface area contributed by atoms with Crippen molar-refractivity contribution >= 4 is 23.9 Å². The number of carboxylic acids is 1. The summed E-state index contributed by atoms with van der Waals surface area (Å²) < 4.78 is 28.3. The molecule has 12 nitrogen and oxygen atoms in total. The molecule has 0 aromatic carbocycles. The third kappa shape index (κ3) is 43.1. The first-order chi connectivity index (χ1) is 38.6. The Hall–Kier alpha value is -5.40. The number of carbonyl (C=O) groups is 4. The van der Waals surface area contributed by atoms with Gasteiger partial charge in [-0.25, -0.2) is 4.79 Å². The monoisotopic (exact) mass is 1100 g/mol. The lowest BCUT2D eigenvalue weighted by atomic mass is 9.98. The number of ether oxygens (including phenoxy) is 5. The molecule has 1 saturated heterocycles. The summed E-state index contributed by atoms with van der Waals surface area (Å²) in [7, 11) is 0. The summed E-state index contributed by atoms with van der Waals surface area (Å²) in [5.41, 5.74) is 0. The predicted molar refractivity (Wildman–Crippen MR) is 321 cm³/mol. The van der Waals surface area contributed by atoms with E-state index in [4.69, 9.17) is 23.7 Å². The maximum atomic E-state index is 13.1. The van der Waals surface area contributed by atoms with Crippen molar-refractivity contribution in [1.29, 1.82) is 0 Å². The molecule has 442 valence electrons. The van der Waals surface area contributed by atoms with Crippen molar-refractivity contribution in [2.24, 2.45) is 0 Å². The summed E-state index contributed by atoms with van der Waals surface area (Å²) in [5, 5.41) is 31.5. The summed E-state index contributed by atoms with van der Waals surface area (Å²) in [5.74, 6) is -3.31. The van der Waals surface area contributed by atoms with Crippen LogP contribution in [-0.2, 0) is 42.9 Å². The highest BCUT2D eigenvalue weighted by molar-refractivity contribution is 5.74. The number of aliphatic hydroxyl groups excluding tert-OH is 2. The molecule has 0 aromatic heterocycles. The molecule has 12 heteroatoms. The van der Waals surface area contributed by atoms with E-state index in [2.05, 4.69) is 154 Å². The van der Waals surface area contributed by atoms with Gasteiger partial charge in [0, 0.05) is 19.3 Å². The van der Waals surface area contributed by atoms with E-state index in [-0.39, 0.29) is 25.9 Å². The average molecular weight is 1100 g/mol. The van der Waals surface area contributed by atoms with Crippen LogP contribution in [0.4, 0.5) is 0 Å². The molecule has 0 radical (unpaired) electrons. The zero-order valence-electron chi connectivity index (χ0n) is 48.5. The molecule has 79 heavy (non-hydrogen) atoms. The second-order valence-electron chi connectivity index (χ2n) is 19.5. The maximum Gasteiger partial charge on any atom is 0.335 e. The van der Waals surface area contributed by atoms with Gasteiger partial charge in [-0.3, -0.25) is 14.4 Å². The quantitative estimate of drug-likeness (QED) is 0.0228. The molecule has 1 aliphatic rings. The Kier molecular flexibility index (Phi) is 48.3. The Morgan fingerprint density at radius 1 is 0.418 bits per heavy atom. The van der Waals surface area contributed by atoms with Crippen LogP contribution in [0.15, 0.2) is 146 Å². The van der Waals surface area contributed by atoms with E-state index in [0.717, 1.165) is 135 Å². The van der Waals surface area contributed by atoms with Crippen molar-refractivity contribution in [3.05, 3.63) is 146 Å². The number of hydrogen-bond acceptors (Lipinski definition) is 11. The number of unbranched alkanes of at least 4 members (excludes halogenated alkanes) is 10. The first-order valence-corrected chi connectivity index (χ1v) is 29.8. The first kappa shape index (κ1) is 71.6. The van der Waals surface area contributed by atoms with E-state index < -0.39 is 67.3 Å². The molecule has 6 atom stereocenters. The number of allylic oxidation sites excluding steroid dienone is 24. The Morgan fingerprint density at radius 3 is 1.22 bits per heavy atom. The summed E-state index contributed by atoms with van der Waals surface area (Å²) in [4.78, 5) is 51.1. The fraction of sp³-hybridized carbons (Fsp3) is 0.582. The van der Waals surface area contributed by atoms with Gasteiger partial charge < -0.3 is 39.0 Å². The van der Waals surface area contributed by atoms with Crippen molar-refractivity contribution in [2.75, 3.05) is 13.2 Å². The van der Waals surface area contributed by atoms with E-state index >= 15 is 0 Å². The van der Waals surface area contributed by atoms with Crippen molar-refractivity contribution in [1.82, 2.24) is 0 Å². The van der Waals surface area contributed by atoms with Crippen molar-refractivity contribution in [3.8, 4) is 0 Å². The molecule has 1 aliphatic heterocycles. The van der Waals surface area contributed by atoms with Gasteiger partial charge >= 0.3 is 23.9 Å². The van der Waals surface area contributed by atoms with Crippen LogP contribution in [0, 0.1) is 0 Å². The van der Waals surface area contributed by atoms with Crippen molar-refractivity contribution < 1.29 is 58.2 Å². The minimum Gasteiger partial charge on any atom is -0.479 e. The number of carbonyl (C=O) groups excluding carboxylic acids is 3. The van der Waals surface area contributed by atoms with Gasteiger partial charge in [0.2, 0.25) is 0 Å². The van der Waals surface area contributed by atoms with Crippen LogP contribution >= 0.6 is 0 Å². The van der Waals surface area contributed by atoms with Crippen LogP contribution in [0.2, 0.25) is 0 Å². The number of esters is 3. The standard InChI is InChI=1S/C67H102O12/c1-4-7-10-13-16-19-22-25-27-29-30-32-33-36-38-41-44-47-50-53-59(68)75-56-58(77-60(69)54-51-48-45-42-39-35-24-21-18-15-12-9-6-3)57-76-67-65(63(72)62(71)64(79-67)66(73)74)78-61(70)55-52-49-46-43-40-37-34-31-28-26-23-20-17-14-11-8-5-2/h7-12,16-21,25-28,30,32,35-36,38-39,45,48,58,62-65,67,71-72H,4-6,13-15,22-24,29,31,33-34,37,40-44,46-47,49-57H2,1-3H3,(H,73,74)/b10-7-,11-8-,12-9-,19-16-,20-17-,21-18-,27-25-,28-26-,32-30-,38-36-,39-35-,48-45-. The van der Waals surface area contributed by atoms with Gasteiger partial charge in [-0.2, -0.15) is 0 Å². The minimum absolute atomic E-state index is 0.0243. The molecule has 0 amide bonds. The predicted octanol–water partition coefficient (Wildman–Crippen LogP) is 15.6. The molecule has 0 aromatic rings. The number of aliphatic carboxylic acids is 1. The Balaban J connectivity index is 2.74. The van der Waals surface area contributed by atoms with Crippen molar-refractivity contribution in [3.63, 3.8) is 0 Å². The molecular weight excluding hydrogens is 997 g/mol. The van der Waals surface area contributed by atoms with Crippen LogP contribution in [0.1, 0.15) is 201 Å². The fourth-order valence-corrected chi connectivity index (χ4v) is 7.95. The van der Waals surface area contributed by atoms with Gasteiger partial charge in [0.25, 0.3) is 0 Å². The summed E-state index contributed by atoms with van der Waals surface area (Å²) in [6, 6.07) is 0. The lowest BCUT2D eigenvalue weighted by molar-refractivity contribution is -0.301. The van der Waals surface area contributed by atoms with E-state index in [0.29, 0.717) is 25.7 Å². The van der Waals surface area contributed by atoms with E-state index in [1.165, 1.54) is 0 Å². The lowest BCUT2D eigenvalue weighted by Gasteiger charge is -2.40. The van der Waals surface area contributed by atoms with Crippen LogP contribution in [0.3, 0.4) is 0 Å². The molecular formula is C67H102O12. The van der Waals surface area contributed by atoms with Crippen LogP contribution in [-0.4, -0.2) is 89.2 Å². The highest BCUT2D eigenvalue weighted by atomic mass is 16.7. The van der Waals surface area contributed by atoms with Gasteiger partial charge in [0.05, 0.1) is 6.61 Å². The van der Waals surface area contributed by atoms with Crippen LogP contribution < -0.4 is 0 Å². The van der Waals surface area contributed by atoms with Crippen LogP contribution in [0.5, 0.6) is 0 Å². The Bertz CT molecular complexity index is 1930. The van der Waals surface area contributed by atoms with E-state index in [1.54, 1.807) is 0 Å². The fourth-order valence-electron chi connectivity index (χ4n) is 7.95. The zero-order valence-corrected chi connectivity index (χ0v) is 48.5. The number of aliphatic hydroxyl groups is 2. The zero-order chi connectivity index (χ0) is 57.5. The average Bonchev–Trinajstić information content (AvgIpc) is 3.47. The molecule has 0 aliphatic carbocycles. The Morgan fingerprint density at radius 2 is 0.785 bits per heavy atom. The number of hydrogen-bond donors (Lipinski definition) is 3. The smallest absolute Gasteiger partial charge is 0.335 e. The normalized spacial score (nSPS) is 18.9. The second kappa shape index (κ2) is 53.3. The minimum atomic E-state index is -1.93. The third-order valence-electron chi connectivity index (χ3n) is 12.4. The van der Waals surface area contributed by atoms with Crippen molar-refractivity contribution in [2.45, 2.75) is 237 Å². The van der Waals surface area contributed by atoms with Gasteiger partial charge in [0.1, 0.15) is 18.8 Å². The molecule has 1 fully saturated rings. The van der Waals surface area contributed by atoms with Gasteiger partial charge in [-0.1, -0.05) is 205 Å². The molecule has 1 heterocycles. The van der Waals surface area contributed by atoms with Gasteiger partial charge in [-0.15, -0.1) is 0 Å². The van der Waals surface area contributed by atoms with Gasteiger partial charge in [0.15, 0.2) is 24.6 Å². The van der Waals surface area contributed by atoms with Gasteiger partial charge in [-0.05, 0) is 122 Å². The lowest BCUT2D eigenvalue weighted by Crippen LogP contribution is -2.61. The summed E-state index contributed by atoms with van der Waals surface area (Å²) in [6.07, 6.45) is 64.0. The molecule has 0 spiro atoms. The Labute approximate surface area is 476 Å². The maximum absolute atomic E-state index is 13.1. The molecule has 6 unspecified atom stereocenters. The summed E-state index contributed by atoms with van der Waals surface area (Å²) >= 11 is 0. The highest BCUT2D eigenvalue weighted by Crippen LogP contribution is 2.26. The number of carboxylic acid groups (broad SMARTS) is 1. The first-order valence-electron chi connectivity index (χ1n) is 29.8. The van der Waals surface area contributed by atoms with E-state index in [9.17, 15) is 34.5 Å².